The summed E-state index contributed by atoms with van der Waals surface area (Å²) in [7, 11) is 0. The molecule has 21 heavy (non-hydrogen) atoms. The molecule has 2 N–H and O–H groups in total. The van der Waals surface area contributed by atoms with E-state index in [4.69, 9.17) is 0 Å². The van der Waals surface area contributed by atoms with Gasteiger partial charge in [0.05, 0.1) is 5.92 Å². The number of rotatable bonds is 4. The summed E-state index contributed by atoms with van der Waals surface area (Å²) >= 11 is 0. The summed E-state index contributed by atoms with van der Waals surface area (Å²) in [5.74, 6) is 0.184. The van der Waals surface area contributed by atoms with Crippen LogP contribution in [0.1, 0.15) is 56.9 Å². The quantitative estimate of drug-likeness (QED) is 0.893. The Balaban J connectivity index is 1.62. The minimum absolute atomic E-state index is 0.0153. The van der Waals surface area contributed by atoms with E-state index < -0.39 is 0 Å². The molecule has 0 radical (unpaired) electrons. The standard InChI is InChI=1S/C18H26N2O/c1-2-16(14-7-4-3-5-8-14)17(21)20-15-9-12-19-18(13-15)10-6-11-18/h3-5,7-8,15-16,19H,2,6,9-13H2,1H3,(H,20,21). The van der Waals surface area contributed by atoms with Crippen molar-refractivity contribution in [2.75, 3.05) is 6.54 Å². The van der Waals surface area contributed by atoms with Crippen LogP contribution < -0.4 is 10.6 Å². The van der Waals surface area contributed by atoms with Crippen LogP contribution in [-0.2, 0) is 4.79 Å². The van der Waals surface area contributed by atoms with Gasteiger partial charge in [0, 0.05) is 11.6 Å². The summed E-state index contributed by atoms with van der Waals surface area (Å²) in [6.45, 7) is 3.13. The summed E-state index contributed by atoms with van der Waals surface area (Å²) in [6.07, 6.45) is 6.88. The zero-order valence-electron chi connectivity index (χ0n) is 12.9. The highest BCUT2D eigenvalue weighted by Crippen LogP contribution is 2.38. The van der Waals surface area contributed by atoms with Crippen molar-refractivity contribution in [2.45, 2.75) is 62.9 Å². The van der Waals surface area contributed by atoms with E-state index in [-0.39, 0.29) is 11.8 Å². The van der Waals surface area contributed by atoms with Crippen LogP contribution in [0.5, 0.6) is 0 Å². The topological polar surface area (TPSA) is 41.1 Å². The second-order valence-electron chi connectivity index (χ2n) is 6.63. The average molecular weight is 286 g/mol. The molecule has 1 amide bonds. The first-order valence-electron chi connectivity index (χ1n) is 8.33. The largest absolute Gasteiger partial charge is 0.353 e. The minimum atomic E-state index is -0.0153. The summed E-state index contributed by atoms with van der Waals surface area (Å²) in [5, 5.41) is 6.97. The summed E-state index contributed by atoms with van der Waals surface area (Å²) in [5.41, 5.74) is 1.47. The first-order chi connectivity index (χ1) is 10.2. The highest BCUT2D eigenvalue weighted by molar-refractivity contribution is 5.83. The van der Waals surface area contributed by atoms with Gasteiger partial charge in [-0.2, -0.15) is 0 Å². The van der Waals surface area contributed by atoms with Crippen LogP contribution in [0.3, 0.4) is 0 Å². The maximum atomic E-state index is 12.6. The van der Waals surface area contributed by atoms with Crippen molar-refractivity contribution in [3.05, 3.63) is 35.9 Å². The molecule has 1 aliphatic carbocycles. The van der Waals surface area contributed by atoms with Gasteiger partial charge < -0.3 is 10.6 Å². The fourth-order valence-corrected chi connectivity index (χ4v) is 3.82. The molecule has 2 fully saturated rings. The van der Waals surface area contributed by atoms with Gasteiger partial charge in [-0.3, -0.25) is 4.79 Å². The minimum Gasteiger partial charge on any atom is -0.353 e. The van der Waals surface area contributed by atoms with Gasteiger partial charge in [-0.1, -0.05) is 37.3 Å². The molecule has 3 heteroatoms. The van der Waals surface area contributed by atoms with Crippen LogP contribution in [0.15, 0.2) is 30.3 Å². The second-order valence-corrected chi connectivity index (χ2v) is 6.63. The Labute approximate surface area is 127 Å². The highest BCUT2D eigenvalue weighted by Gasteiger charge is 2.41. The van der Waals surface area contributed by atoms with E-state index in [1.807, 2.05) is 18.2 Å². The molecule has 2 unspecified atom stereocenters. The predicted molar refractivity (Wildman–Crippen MR) is 85.2 cm³/mol. The van der Waals surface area contributed by atoms with E-state index in [2.05, 4.69) is 29.7 Å². The summed E-state index contributed by atoms with van der Waals surface area (Å²) in [4.78, 5) is 12.6. The van der Waals surface area contributed by atoms with Gasteiger partial charge in [0.15, 0.2) is 0 Å². The van der Waals surface area contributed by atoms with Gasteiger partial charge in [-0.05, 0) is 50.6 Å². The van der Waals surface area contributed by atoms with Gasteiger partial charge >= 0.3 is 0 Å². The number of hydrogen-bond acceptors (Lipinski definition) is 2. The third-order valence-corrected chi connectivity index (χ3v) is 5.21. The molecule has 1 aromatic rings. The summed E-state index contributed by atoms with van der Waals surface area (Å²) in [6, 6.07) is 10.5. The Bertz CT molecular complexity index is 481. The molecule has 1 aliphatic heterocycles. The smallest absolute Gasteiger partial charge is 0.227 e. The van der Waals surface area contributed by atoms with E-state index in [9.17, 15) is 4.79 Å². The molecular formula is C18H26N2O. The van der Waals surface area contributed by atoms with Gasteiger partial charge in [-0.15, -0.1) is 0 Å². The van der Waals surface area contributed by atoms with Crippen molar-refractivity contribution in [1.29, 1.82) is 0 Å². The Morgan fingerprint density at radius 2 is 2.14 bits per heavy atom. The van der Waals surface area contributed by atoms with E-state index in [0.29, 0.717) is 11.6 Å². The lowest BCUT2D eigenvalue weighted by atomic mass is 9.70. The van der Waals surface area contributed by atoms with Crippen molar-refractivity contribution in [3.8, 4) is 0 Å². The van der Waals surface area contributed by atoms with Crippen LogP contribution in [0, 0.1) is 0 Å². The van der Waals surface area contributed by atoms with E-state index >= 15 is 0 Å². The zero-order chi connectivity index (χ0) is 14.7. The number of carbonyl (C=O) groups is 1. The first kappa shape index (κ1) is 14.6. The molecule has 1 spiro atoms. The third-order valence-electron chi connectivity index (χ3n) is 5.21. The maximum absolute atomic E-state index is 12.6. The van der Waals surface area contributed by atoms with Crippen LogP contribution in [0.25, 0.3) is 0 Å². The third kappa shape index (κ3) is 3.13. The zero-order valence-corrected chi connectivity index (χ0v) is 12.9. The van der Waals surface area contributed by atoms with Crippen molar-refractivity contribution in [1.82, 2.24) is 10.6 Å². The lowest BCUT2D eigenvalue weighted by Crippen LogP contribution is -2.60. The molecule has 2 aliphatic rings. The van der Waals surface area contributed by atoms with Crippen LogP contribution >= 0.6 is 0 Å². The van der Waals surface area contributed by atoms with Gasteiger partial charge in [0.2, 0.25) is 5.91 Å². The average Bonchev–Trinajstić information content (AvgIpc) is 2.48. The van der Waals surface area contributed by atoms with Crippen molar-refractivity contribution in [2.24, 2.45) is 0 Å². The van der Waals surface area contributed by atoms with Crippen molar-refractivity contribution < 1.29 is 4.79 Å². The number of hydrogen-bond donors (Lipinski definition) is 2. The van der Waals surface area contributed by atoms with E-state index in [0.717, 1.165) is 31.4 Å². The highest BCUT2D eigenvalue weighted by atomic mass is 16.1. The Morgan fingerprint density at radius 1 is 1.38 bits per heavy atom. The number of benzene rings is 1. The Morgan fingerprint density at radius 3 is 2.76 bits per heavy atom. The lowest BCUT2D eigenvalue weighted by molar-refractivity contribution is -0.123. The molecule has 114 valence electrons. The molecule has 2 atom stereocenters. The number of amides is 1. The van der Waals surface area contributed by atoms with E-state index in [1.54, 1.807) is 0 Å². The molecule has 3 rings (SSSR count). The SMILES string of the molecule is CCC(C(=O)NC1CCNC2(CCC2)C1)c1ccccc1. The first-order valence-corrected chi connectivity index (χ1v) is 8.33. The molecule has 0 bridgehead atoms. The molecule has 1 aromatic carbocycles. The van der Waals surface area contributed by atoms with Crippen LogP contribution in [-0.4, -0.2) is 24.0 Å². The van der Waals surface area contributed by atoms with Gasteiger partial charge in [-0.25, -0.2) is 0 Å². The number of nitrogens with one attached hydrogen (secondary N) is 2. The molecular weight excluding hydrogens is 260 g/mol. The van der Waals surface area contributed by atoms with Crippen molar-refractivity contribution >= 4 is 5.91 Å². The molecule has 0 aromatic heterocycles. The lowest BCUT2D eigenvalue weighted by Gasteiger charge is -2.48. The molecule has 1 heterocycles. The second kappa shape index (κ2) is 6.18. The number of carbonyl (C=O) groups excluding carboxylic acids is 1. The van der Waals surface area contributed by atoms with Crippen molar-refractivity contribution in [3.63, 3.8) is 0 Å². The fraction of sp³-hybridized carbons (Fsp3) is 0.611. The fourth-order valence-electron chi connectivity index (χ4n) is 3.82. The summed E-state index contributed by atoms with van der Waals surface area (Å²) < 4.78 is 0. The van der Waals surface area contributed by atoms with E-state index in [1.165, 1.54) is 19.3 Å². The monoisotopic (exact) mass is 286 g/mol. The van der Waals surface area contributed by atoms with Gasteiger partial charge in [0.1, 0.15) is 0 Å². The normalized spacial score (nSPS) is 25.1. The molecule has 1 saturated carbocycles. The van der Waals surface area contributed by atoms with Gasteiger partial charge in [0.25, 0.3) is 0 Å². The molecule has 3 nitrogen and oxygen atoms in total. The Kier molecular flexibility index (Phi) is 4.29. The van der Waals surface area contributed by atoms with Crippen LogP contribution in [0.2, 0.25) is 0 Å². The Hall–Kier alpha value is -1.35. The predicted octanol–water partition coefficient (Wildman–Crippen LogP) is 2.97. The number of piperidine rings is 1. The van der Waals surface area contributed by atoms with Crippen LogP contribution in [0.4, 0.5) is 0 Å². The maximum Gasteiger partial charge on any atom is 0.227 e. The molecule has 1 saturated heterocycles.